The van der Waals surface area contributed by atoms with Gasteiger partial charge in [-0.2, -0.15) is 0 Å². The van der Waals surface area contributed by atoms with Crippen LogP contribution in [-0.4, -0.2) is 36.1 Å². The molecule has 2 nitrogen and oxygen atoms in total. The Hall–Kier alpha value is -0.0800. The Bertz CT molecular complexity index is 306. The lowest BCUT2D eigenvalue weighted by molar-refractivity contribution is 0.00458. The fourth-order valence-electron chi connectivity index (χ4n) is 4.98. The highest BCUT2D eigenvalue weighted by molar-refractivity contribution is 5.21. The van der Waals surface area contributed by atoms with Crippen LogP contribution >= 0.6 is 0 Å². The van der Waals surface area contributed by atoms with E-state index in [0.717, 1.165) is 24.2 Å². The molecule has 2 heterocycles. The third-order valence-electron chi connectivity index (χ3n) is 6.68. The zero-order valence-electron chi connectivity index (χ0n) is 12.8. The van der Waals surface area contributed by atoms with Crippen LogP contribution in [0.4, 0.5) is 0 Å². The van der Waals surface area contributed by atoms with E-state index in [1.165, 1.54) is 32.1 Å². The molecule has 1 saturated carbocycles. The minimum Gasteiger partial charge on any atom is -0.317 e. The van der Waals surface area contributed by atoms with Crippen LogP contribution < -0.4 is 5.32 Å². The molecule has 2 saturated heterocycles. The lowest BCUT2D eigenvalue weighted by Gasteiger charge is -2.50. The lowest BCUT2D eigenvalue weighted by Crippen LogP contribution is -2.57. The molecular formula is C16H30N2. The summed E-state index contributed by atoms with van der Waals surface area (Å²) in [5.41, 5.74) is 1.01. The van der Waals surface area contributed by atoms with E-state index in [1.807, 2.05) is 0 Å². The van der Waals surface area contributed by atoms with Crippen molar-refractivity contribution >= 4 is 0 Å². The van der Waals surface area contributed by atoms with Crippen molar-refractivity contribution in [2.45, 2.75) is 84.0 Å². The van der Waals surface area contributed by atoms with E-state index in [2.05, 4.69) is 45.0 Å². The minimum absolute atomic E-state index is 0.507. The first-order valence-electron chi connectivity index (χ1n) is 7.84. The Labute approximate surface area is 113 Å². The Morgan fingerprint density at radius 2 is 1.44 bits per heavy atom. The molecule has 2 heteroatoms. The Morgan fingerprint density at radius 1 is 0.944 bits per heavy atom. The van der Waals surface area contributed by atoms with E-state index in [-0.39, 0.29) is 0 Å². The van der Waals surface area contributed by atoms with E-state index in [9.17, 15) is 0 Å². The summed E-state index contributed by atoms with van der Waals surface area (Å²) in [5, 5.41) is 3.53. The summed E-state index contributed by atoms with van der Waals surface area (Å²) >= 11 is 0. The van der Waals surface area contributed by atoms with Gasteiger partial charge >= 0.3 is 0 Å². The molecule has 0 aromatic carbocycles. The predicted molar refractivity (Wildman–Crippen MR) is 76.7 cm³/mol. The number of hydrogen-bond donors (Lipinski definition) is 1. The SMILES string of the molecule is CNC1CC2CCCC(C1)N2C1C(C)(C)C1(C)C. The molecule has 1 N–H and O–H groups in total. The molecule has 2 bridgehead atoms. The highest BCUT2D eigenvalue weighted by atomic mass is 15.3. The number of nitrogens with one attached hydrogen (secondary N) is 1. The van der Waals surface area contributed by atoms with E-state index in [4.69, 9.17) is 0 Å². The zero-order chi connectivity index (χ0) is 13.1. The molecule has 104 valence electrons. The molecule has 0 aromatic heterocycles. The summed E-state index contributed by atoms with van der Waals surface area (Å²) in [6.45, 7) is 9.88. The van der Waals surface area contributed by atoms with Gasteiger partial charge in [0.1, 0.15) is 0 Å². The molecule has 2 atom stereocenters. The van der Waals surface area contributed by atoms with Gasteiger partial charge in [0.25, 0.3) is 0 Å². The molecule has 3 fully saturated rings. The van der Waals surface area contributed by atoms with Crippen molar-refractivity contribution in [1.29, 1.82) is 0 Å². The fraction of sp³-hybridized carbons (Fsp3) is 1.00. The summed E-state index contributed by atoms with van der Waals surface area (Å²) in [7, 11) is 2.14. The van der Waals surface area contributed by atoms with E-state index >= 15 is 0 Å². The first-order valence-corrected chi connectivity index (χ1v) is 7.84. The van der Waals surface area contributed by atoms with Gasteiger partial charge in [0.05, 0.1) is 0 Å². The number of rotatable bonds is 2. The number of fused-ring (bicyclic) bond motifs is 2. The van der Waals surface area contributed by atoms with Crippen LogP contribution in [0.2, 0.25) is 0 Å². The topological polar surface area (TPSA) is 15.3 Å². The number of piperidine rings is 2. The van der Waals surface area contributed by atoms with Gasteiger partial charge in [0.2, 0.25) is 0 Å². The first-order chi connectivity index (χ1) is 8.39. The maximum atomic E-state index is 3.53. The molecule has 0 amide bonds. The van der Waals surface area contributed by atoms with Gasteiger partial charge in [-0.3, -0.25) is 4.90 Å². The van der Waals surface area contributed by atoms with E-state index < -0.39 is 0 Å². The van der Waals surface area contributed by atoms with Crippen LogP contribution in [0.15, 0.2) is 0 Å². The van der Waals surface area contributed by atoms with Crippen LogP contribution in [0.3, 0.4) is 0 Å². The molecule has 1 aliphatic carbocycles. The van der Waals surface area contributed by atoms with Gasteiger partial charge in [0.15, 0.2) is 0 Å². The minimum atomic E-state index is 0.507. The van der Waals surface area contributed by atoms with Crippen LogP contribution in [0.1, 0.15) is 59.8 Å². The van der Waals surface area contributed by atoms with Crippen molar-refractivity contribution in [2.75, 3.05) is 7.05 Å². The maximum Gasteiger partial charge on any atom is 0.0215 e. The second kappa shape index (κ2) is 3.96. The van der Waals surface area contributed by atoms with Gasteiger partial charge in [-0.15, -0.1) is 0 Å². The molecule has 3 aliphatic rings. The first kappa shape index (κ1) is 12.9. The van der Waals surface area contributed by atoms with Crippen molar-refractivity contribution in [3.63, 3.8) is 0 Å². The second-order valence-electron chi connectivity index (χ2n) is 7.99. The largest absolute Gasteiger partial charge is 0.317 e. The van der Waals surface area contributed by atoms with Gasteiger partial charge < -0.3 is 5.32 Å². The van der Waals surface area contributed by atoms with Crippen LogP contribution in [0.5, 0.6) is 0 Å². The third kappa shape index (κ3) is 1.61. The van der Waals surface area contributed by atoms with Crippen LogP contribution in [-0.2, 0) is 0 Å². The third-order valence-corrected chi connectivity index (χ3v) is 6.68. The predicted octanol–water partition coefficient (Wildman–Crippen LogP) is 3.03. The quantitative estimate of drug-likeness (QED) is 0.810. The number of hydrogen-bond acceptors (Lipinski definition) is 2. The van der Waals surface area contributed by atoms with Crippen molar-refractivity contribution in [1.82, 2.24) is 10.2 Å². The smallest absolute Gasteiger partial charge is 0.0215 e. The van der Waals surface area contributed by atoms with E-state index in [0.29, 0.717) is 10.8 Å². The van der Waals surface area contributed by atoms with Crippen LogP contribution in [0, 0.1) is 10.8 Å². The highest BCUT2D eigenvalue weighted by Crippen LogP contribution is 2.67. The molecule has 18 heavy (non-hydrogen) atoms. The lowest BCUT2D eigenvalue weighted by atomic mass is 9.81. The summed E-state index contributed by atoms with van der Waals surface area (Å²) in [6, 6.07) is 3.28. The Morgan fingerprint density at radius 3 is 1.83 bits per heavy atom. The van der Waals surface area contributed by atoms with Crippen LogP contribution in [0.25, 0.3) is 0 Å². The fourth-order valence-corrected chi connectivity index (χ4v) is 4.98. The van der Waals surface area contributed by atoms with Crippen molar-refractivity contribution in [3.8, 4) is 0 Å². The van der Waals surface area contributed by atoms with Gasteiger partial charge in [-0.1, -0.05) is 34.1 Å². The molecule has 0 aromatic rings. The molecule has 2 aliphatic heterocycles. The molecule has 2 unspecified atom stereocenters. The van der Waals surface area contributed by atoms with Crippen molar-refractivity contribution in [3.05, 3.63) is 0 Å². The zero-order valence-corrected chi connectivity index (χ0v) is 12.8. The Kier molecular flexibility index (Phi) is 2.84. The normalized spacial score (nSPS) is 42.8. The van der Waals surface area contributed by atoms with E-state index in [1.54, 1.807) is 0 Å². The van der Waals surface area contributed by atoms with Crippen molar-refractivity contribution < 1.29 is 0 Å². The maximum absolute atomic E-state index is 3.53. The molecule has 0 radical (unpaired) electrons. The number of nitrogens with zero attached hydrogens (tertiary/aromatic N) is 1. The van der Waals surface area contributed by atoms with Gasteiger partial charge in [-0.25, -0.2) is 0 Å². The summed E-state index contributed by atoms with van der Waals surface area (Å²) in [6.07, 6.45) is 7.05. The highest BCUT2D eigenvalue weighted by Gasteiger charge is 2.69. The molecular weight excluding hydrogens is 220 g/mol. The van der Waals surface area contributed by atoms with Gasteiger partial charge in [0, 0.05) is 24.2 Å². The molecule has 3 rings (SSSR count). The standard InChI is InChI=1S/C16H30N2/c1-15(2)14(16(15,3)4)18-12-7-6-8-13(18)10-11(9-12)17-5/h11-14,17H,6-10H2,1-5H3. The second-order valence-corrected chi connectivity index (χ2v) is 7.99. The summed E-state index contributed by atoms with van der Waals surface area (Å²) < 4.78 is 0. The Balaban J connectivity index is 1.82. The average molecular weight is 250 g/mol. The molecule has 0 spiro atoms. The monoisotopic (exact) mass is 250 g/mol. The van der Waals surface area contributed by atoms with Crippen molar-refractivity contribution in [2.24, 2.45) is 10.8 Å². The summed E-state index contributed by atoms with van der Waals surface area (Å²) in [5.74, 6) is 0. The summed E-state index contributed by atoms with van der Waals surface area (Å²) in [4.78, 5) is 2.94. The average Bonchev–Trinajstić information content (AvgIpc) is 2.67. The van der Waals surface area contributed by atoms with Gasteiger partial charge in [-0.05, 0) is 43.6 Å².